The van der Waals surface area contributed by atoms with Crippen molar-refractivity contribution in [1.29, 1.82) is 0 Å². The Bertz CT molecular complexity index is 2760. The van der Waals surface area contributed by atoms with Crippen molar-refractivity contribution in [3.8, 4) is 45.5 Å². The topological polar surface area (TPSA) is 65.8 Å². The zero-order valence-electron chi connectivity index (χ0n) is 26.2. The van der Waals surface area contributed by atoms with Crippen LogP contribution in [0.15, 0.2) is 164 Å². The van der Waals surface area contributed by atoms with Crippen LogP contribution >= 0.6 is 0 Å². The minimum Gasteiger partial charge on any atom is -0.292 e. The van der Waals surface area contributed by atoms with Gasteiger partial charge in [0.2, 0.25) is 5.78 Å². The molecule has 0 saturated carbocycles. The van der Waals surface area contributed by atoms with Gasteiger partial charge in [-0.3, -0.25) is 13.5 Å². The lowest BCUT2D eigenvalue weighted by Crippen LogP contribution is -2.01. The molecule has 0 aliphatic carbocycles. The summed E-state index contributed by atoms with van der Waals surface area (Å²) in [5.41, 5.74) is 10.1. The van der Waals surface area contributed by atoms with Crippen LogP contribution in [0.25, 0.3) is 84.4 Å². The van der Waals surface area contributed by atoms with E-state index in [-0.39, 0.29) is 0 Å². The van der Waals surface area contributed by atoms with Crippen LogP contribution in [-0.2, 0) is 0 Å². The average Bonchev–Trinajstić information content (AvgIpc) is 3.81. The van der Waals surface area contributed by atoms with Crippen LogP contribution in [0.5, 0.6) is 0 Å². The molecule has 10 aromatic rings. The van der Waals surface area contributed by atoms with E-state index in [1.807, 2.05) is 66.7 Å². The second-order valence-electron chi connectivity index (χ2n) is 12.0. The molecule has 10 rings (SSSR count). The number of benzene rings is 6. The van der Waals surface area contributed by atoms with Crippen molar-refractivity contribution >= 4 is 38.9 Å². The number of hydrogen-bond acceptors (Lipinski definition) is 4. The number of fused-ring (bicyclic) bond motifs is 7. The first-order valence-corrected chi connectivity index (χ1v) is 16.3. The van der Waals surface area contributed by atoms with Crippen molar-refractivity contribution in [1.82, 2.24) is 33.5 Å². The summed E-state index contributed by atoms with van der Waals surface area (Å²) in [5, 5.41) is 1.15. The van der Waals surface area contributed by atoms with Gasteiger partial charge in [-0.15, -0.1) is 0 Å². The molecule has 230 valence electrons. The first-order chi connectivity index (χ1) is 24.3. The molecule has 7 nitrogen and oxygen atoms in total. The fraction of sp³-hybridized carbons (Fsp3) is 0. The second-order valence-corrected chi connectivity index (χ2v) is 12.0. The summed E-state index contributed by atoms with van der Waals surface area (Å²) in [6.45, 7) is 0. The van der Waals surface area contributed by atoms with E-state index < -0.39 is 0 Å². The van der Waals surface area contributed by atoms with Crippen molar-refractivity contribution in [3.05, 3.63) is 164 Å². The van der Waals surface area contributed by atoms with Crippen LogP contribution < -0.4 is 0 Å². The van der Waals surface area contributed by atoms with Gasteiger partial charge in [-0.25, -0.2) is 15.0 Å². The van der Waals surface area contributed by atoms with Crippen LogP contribution in [0.4, 0.5) is 0 Å². The number of nitrogens with zero attached hydrogens (tertiary/aromatic N) is 7. The van der Waals surface area contributed by atoms with E-state index in [1.54, 1.807) is 0 Å². The molecule has 0 saturated heterocycles. The Morgan fingerprint density at radius 2 is 0.878 bits per heavy atom. The number of imidazole rings is 2. The van der Waals surface area contributed by atoms with Gasteiger partial charge in [0.25, 0.3) is 0 Å². The summed E-state index contributed by atoms with van der Waals surface area (Å²) in [5.74, 6) is 2.71. The van der Waals surface area contributed by atoms with Gasteiger partial charge in [-0.1, -0.05) is 121 Å². The Hall–Kier alpha value is -6.86. The first-order valence-electron chi connectivity index (χ1n) is 16.3. The molecule has 49 heavy (non-hydrogen) atoms. The van der Waals surface area contributed by atoms with Crippen LogP contribution in [0, 0.1) is 0 Å². The normalized spacial score (nSPS) is 11.7. The molecule has 0 atom stereocenters. The van der Waals surface area contributed by atoms with E-state index in [2.05, 4.69) is 111 Å². The smallest absolute Gasteiger partial charge is 0.222 e. The van der Waals surface area contributed by atoms with Gasteiger partial charge in [0, 0.05) is 33.5 Å². The van der Waals surface area contributed by atoms with Crippen molar-refractivity contribution in [2.75, 3.05) is 0 Å². The summed E-state index contributed by atoms with van der Waals surface area (Å²) >= 11 is 0. The second kappa shape index (κ2) is 10.9. The third-order valence-electron chi connectivity index (χ3n) is 9.09. The van der Waals surface area contributed by atoms with Gasteiger partial charge in [0.15, 0.2) is 23.1 Å². The molecule has 0 fully saturated rings. The molecule has 0 spiro atoms. The first kappa shape index (κ1) is 27.3. The van der Waals surface area contributed by atoms with Gasteiger partial charge in [-0.05, 0) is 42.5 Å². The van der Waals surface area contributed by atoms with Gasteiger partial charge in [0.1, 0.15) is 5.52 Å². The standard InChI is InChI=1S/C42H27N7/c1-4-15-28(16-5-1)38-43-39(29-17-6-2-7-18-29)45-40(44-38)30-19-14-22-32(27-30)48-35-25-12-13-26-36(35)49-37-33-23-10-11-24-34(33)47(41(37)46-42(48)49)31-20-8-3-9-21-31/h1-27H. The molecular weight excluding hydrogens is 603 g/mol. The zero-order valence-corrected chi connectivity index (χ0v) is 26.2. The predicted molar refractivity (Wildman–Crippen MR) is 196 cm³/mol. The SMILES string of the molecule is c1ccc(-c2nc(-c3ccccc3)nc(-c3cccc(-n4c5ccccc5n5c6c7ccccc7n(-c7ccccc7)c6nc45)c3)n2)cc1. The molecule has 6 aromatic carbocycles. The van der Waals surface area contributed by atoms with Crippen LogP contribution in [0.1, 0.15) is 0 Å². The minimum atomic E-state index is 0.608. The van der Waals surface area contributed by atoms with Crippen molar-refractivity contribution in [2.45, 2.75) is 0 Å². The number of para-hydroxylation sites is 4. The Balaban J connectivity index is 1.22. The maximum Gasteiger partial charge on any atom is 0.222 e. The summed E-state index contributed by atoms with van der Waals surface area (Å²) in [6.07, 6.45) is 0. The van der Waals surface area contributed by atoms with Crippen molar-refractivity contribution < 1.29 is 0 Å². The predicted octanol–water partition coefficient (Wildman–Crippen LogP) is 9.56. The van der Waals surface area contributed by atoms with Crippen molar-refractivity contribution in [3.63, 3.8) is 0 Å². The average molecular weight is 630 g/mol. The number of rotatable bonds is 5. The molecule has 0 amide bonds. The maximum atomic E-state index is 5.40. The van der Waals surface area contributed by atoms with E-state index in [9.17, 15) is 0 Å². The molecule has 4 heterocycles. The molecule has 0 unspecified atom stereocenters. The van der Waals surface area contributed by atoms with Gasteiger partial charge < -0.3 is 0 Å². The molecule has 0 bridgehead atoms. The fourth-order valence-electron chi connectivity index (χ4n) is 6.92. The summed E-state index contributed by atoms with van der Waals surface area (Å²) < 4.78 is 6.79. The van der Waals surface area contributed by atoms with E-state index in [1.165, 1.54) is 0 Å². The van der Waals surface area contributed by atoms with Gasteiger partial charge in [-0.2, -0.15) is 4.98 Å². The highest BCUT2D eigenvalue weighted by atomic mass is 15.2. The molecule has 7 heteroatoms. The molecule has 0 radical (unpaired) electrons. The summed E-state index contributed by atoms with van der Waals surface area (Å²) in [6, 6.07) is 56.0. The van der Waals surface area contributed by atoms with E-state index in [4.69, 9.17) is 19.9 Å². The Morgan fingerprint density at radius 3 is 1.55 bits per heavy atom. The van der Waals surface area contributed by atoms with E-state index >= 15 is 0 Å². The van der Waals surface area contributed by atoms with Crippen LogP contribution in [0.2, 0.25) is 0 Å². The highest BCUT2D eigenvalue weighted by molar-refractivity contribution is 6.09. The van der Waals surface area contributed by atoms with E-state index in [0.29, 0.717) is 17.5 Å². The summed E-state index contributed by atoms with van der Waals surface area (Å²) in [4.78, 5) is 20.3. The Morgan fingerprint density at radius 1 is 0.367 bits per heavy atom. The number of aromatic nitrogens is 7. The molecule has 0 N–H and O–H groups in total. The molecule has 0 aliphatic rings. The van der Waals surface area contributed by atoms with Gasteiger partial charge >= 0.3 is 0 Å². The maximum absolute atomic E-state index is 5.40. The minimum absolute atomic E-state index is 0.608. The Kier molecular flexibility index (Phi) is 6.04. The highest BCUT2D eigenvalue weighted by Crippen LogP contribution is 2.37. The van der Waals surface area contributed by atoms with Crippen LogP contribution in [0.3, 0.4) is 0 Å². The third kappa shape index (κ3) is 4.29. The molecular formula is C42H27N7. The van der Waals surface area contributed by atoms with Gasteiger partial charge in [0.05, 0.1) is 16.6 Å². The fourth-order valence-corrected chi connectivity index (χ4v) is 6.92. The largest absolute Gasteiger partial charge is 0.292 e. The Labute approximate surface area is 281 Å². The molecule has 0 aliphatic heterocycles. The lowest BCUT2D eigenvalue weighted by Gasteiger charge is -2.10. The molecule has 4 aromatic heterocycles. The zero-order chi connectivity index (χ0) is 32.3. The lowest BCUT2D eigenvalue weighted by molar-refractivity contribution is 1.07. The summed E-state index contributed by atoms with van der Waals surface area (Å²) in [7, 11) is 0. The van der Waals surface area contributed by atoms with E-state index in [0.717, 1.165) is 66.9 Å². The quantitative estimate of drug-likeness (QED) is 0.190. The number of hydrogen-bond donors (Lipinski definition) is 0. The van der Waals surface area contributed by atoms with Crippen LogP contribution in [-0.4, -0.2) is 33.5 Å². The lowest BCUT2D eigenvalue weighted by atomic mass is 10.1. The monoisotopic (exact) mass is 629 g/mol. The third-order valence-corrected chi connectivity index (χ3v) is 9.09. The highest BCUT2D eigenvalue weighted by Gasteiger charge is 2.23. The van der Waals surface area contributed by atoms with Crippen molar-refractivity contribution in [2.24, 2.45) is 0 Å².